The van der Waals surface area contributed by atoms with E-state index in [-0.39, 0.29) is 12.5 Å². The van der Waals surface area contributed by atoms with Gasteiger partial charge in [-0.05, 0) is 18.9 Å². The summed E-state index contributed by atoms with van der Waals surface area (Å²) in [4.78, 5) is 18.3. The van der Waals surface area contributed by atoms with Gasteiger partial charge < -0.3 is 15.5 Å². The number of hydrogen-bond acceptors (Lipinski definition) is 2. The molecule has 138 valence electrons. The van der Waals surface area contributed by atoms with Crippen LogP contribution in [-0.2, 0) is 11.3 Å². The number of benzene rings is 1. The van der Waals surface area contributed by atoms with Gasteiger partial charge in [-0.2, -0.15) is 0 Å². The Hall–Kier alpha value is -2.18. The number of carbonyl (C=O) groups is 1. The van der Waals surface area contributed by atoms with E-state index in [1.807, 2.05) is 0 Å². The van der Waals surface area contributed by atoms with Crippen LogP contribution in [0.1, 0.15) is 31.2 Å². The third kappa shape index (κ3) is 4.67. The number of amides is 1. The standard InChI is InChI=1S/C18H26F2N4O/c1-21-17(22-11-13-6-7-14(19)10-15(13)20)23-12-18(8-4-5-9-18)16(25)24(2)3/h6-7,10H,4-5,8-9,11-12H2,1-3H3,(H2,21,22,23). The molecule has 7 heteroatoms. The first-order valence-corrected chi connectivity index (χ1v) is 8.48. The zero-order valence-electron chi connectivity index (χ0n) is 15.0. The largest absolute Gasteiger partial charge is 0.355 e. The lowest BCUT2D eigenvalue weighted by atomic mass is 9.84. The lowest BCUT2D eigenvalue weighted by molar-refractivity contribution is -0.138. The molecule has 1 saturated carbocycles. The number of rotatable bonds is 5. The van der Waals surface area contributed by atoms with Gasteiger partial charge in [-0.15, -0.1) is 0 Å². The zero-order chi connectivity index (χ0) is 18.4. The Balaban J connectivity index is 1.96. The summed E-state index contributed by atoms with van der Waals surface area (Å²) < 4.78 is 26.7. The molecule has 0 saturated heterocycles. The van der Waals surface area contributed by atoms with Crippen LogP contribution in [0.3, 0.4) is 0 Å². The highest BCUT2D eigenvalue weighted by molar-refractivity contribution is 5.85. The second-order valence-corrected chi connectivity index (χ2v) is 6.70. The average molecular weight is 352 g/mol. The minimum absolute atomic E-state index is 0.123. The molecule has 0 aliphatic heterocycles. The minimum atomic E-state index is -0.603. The molecule has 2 N–H and O–H groups in total. The SMILES string of the molecule is CN=C(NCc1ccc(F)cc1F)NCC1(C(=O)N(C)C)CCCC1. The summed E-state index contributed by atoms with van der Waals surface area (Å²) in [5.74, 6) is -0.591. The van der Waals surface area contributed by atoms with E-state index in [2.05, 4.69) is 15.6 Å². The van der Waals surface area contributed by atoms with Gasteiger partial charge in [-0.1, -0.05) is 18.9 Å². The summed E-state index contributed by atoms with van der Waals surface area (Å²) in [6, 6.07) is 3.48. The molecule has 1 aromatic rings. The van der Waals surface area contributed by atoms with E-state index in [9.17, 15) is 13.6 Å². The summed E-state index contributed by atoms with van der Waals surface area (Å²) in [6.45, 7) is 0.663. The van der Waals surface area contributed by atoms with Crippen LogP contribution in [0, 0.1) is 17.0 Å². The quantitative estimate of drug-likeness (QED) is 0.631. The summed E-state index contributed by atoms with van der Waals surface area (Å²) in [7, 11) is 5.16. The summed E-state index contributed by atoms with van der Waals surface area (Å²) in [6.07, 6.45) is 3.77. The molecular weight excluding hydrogens is 326 g/mol. The average Bonchev–Trinajstić information content (AvgIpc) is 3.05. The molecule has 1 aromatic carbocycles. The molecule has 0 radical (unpaired) electrons. The Morgan fingerprint density at radius 2 is 1.92 bits per heavy atom. The van der Waals surface area contributed by atoms with Crippen molar-refractivity contribution in [3.05, 3.63) is 35.4 Å². The number of aliphatic imine (C=N–C) groups is 1. The molecular formula is C18H26F2N4O. The Bertz CT molecular complexity index is 640. The maximum absolute atomic E-state index is 13.7. The normalized spacial score (nSPS) is 16.6. The Morgan fingerprint density at radius 1 is 1.24 bits per heavy atom. The summed E-state index contributed by atoms with van der Waals surface area (Å²) in [5.41, 5.74) is -0.0632. The maximum atomic E-state index is 13.7. The molecule has 2 rings (SSSR count). The zero-order valence-corrected chi connectivity index (χ0v) is 15.0. The van der Waals surface area contributed by atoms with Crippen LogP contribution in [-0.4, -0.2) is 44.5 Å². The van der Waals surface area contributed by atoms with Gasteiger partial charge in [0.15, 0.2) is 5.96 Å². The lowest BCUT2D eigenvalue weighted by Gasteiger charge is -2.31. The van der Waals surface area contributed by atoms with E-state index in [4.69, 9.17) is 0 Å². The highest BCUT2D eigenvalue weighted by Crippen LogP contribution is 2.38. The number of hydrogen-bond donors (Lipinski definition) is 2. The fourth-order valence-corrected chi connectivity index (χ4v) is 3.31. The molecule has 0 spiro atoms. The van der Waals surface area contributed by atoms with Crippen molar-refractivity contribution in [2.45, 2.75) is 32.2 Å². The van der Waals surface area contributed by atoms with Crippen molar-refractivity contribution < 1.29 is 13.6 Å². The minimum Gasteiger partial charge on any atom is -0.355 e. The van der Waals surface area contributed by atoms with E-state index in [1.165, 1.54) is 12.1 Å². The second-order valence-electron chi connectivity index (χ2n) is 6.70. The molecule has 0 bridgehead atoms. The van der Waals surface area contributed by atoms with Gasteiger partial charge in [0.25, 0.3) is 0 Å². The predicted octanol–water partition coefficient (Wildman–Crippen LogP) is 2.28. The van der Waals surface area contributed by atoms with Crippen molar-refractivity contribution in [3.8, 4) is 0 Å². The van der Waals surface area contributed by atoms with E-state index >= 15 is 0 Å². The first-order chi connectivity index (χ1) is 11.9. The van der Waals surface area contributed by atoms with Gasteiger partial charge in [-0.3, -0.25) is 9.79 Å². The predicted molar refractivity (Wildman–Crippen MR) is 94.2 cm³/mol. The highest BCUT2D eigenvalue weighted by atomic mass is 19.1. The van der Waals surface area contributed by atoms with E-state index in [1.54, 1.807) is 26.0 Å². The number of guanidine groups is 1. The lowest BCUT2D eigenvalue weighted by Crippen LogP contribution is -2.49. The van der Waals surface area contributed by atoms with Crippen LogP contribution in [0.2, 0.25) is 0 Å². The number of nitrogens with zero attached hydrogens (tertiary/aromatic N) is 2. The molecule has 1 amide bonds. The third-order valence-electron chi connectivity index (χ3n) is 4.70. The maximum Gasteiger partial charge on any atom is 0.230 e. The molecule has 0 unspecified atom stereocenters. The fraction of sp³-hybridized carbons (Fsp3) is 0.556. The topological polar surface area (TPSA) is 56.7 Å². The molecule has 0 aromatic heterocycles. The third-order valence-corrected chi connectivity index (χ3v) is 4.70. The molecule has 0 atom stereocenters. The molecule has 0 heterocycles. The Labute approximate surface area is 147 Å². The van der Waals surface area contributed by atoms with Crippen LogP contribution >= 0.6 is 0 Å². The van der Waals surface area contributed by atoms with Crippen molar-refractivity contribution >= 4 is 11.9 Å². The Kier molecular flexibility index (Phi) is 6.33. The van der Waals surface area contributed by atoms with Crippen molar-refractivity contribution in [1.29, 1.82) is 0 Å². The highest BCUT2D eigenvalue weighted by Gasteiger charge is 2.42. The number of carbonyl (C=O) groups excluding carboxylic acids is 1. The number of nitrogens with one attached hydrogen (secondary N) is 2. The van der Waals surface area contributed by atoms with Crippen molar-refractivity contribution in [2.75, 3.05) is 27.7 Å². The monoisotopic (exact) mass is 352 g/mol. The van der Waals surface area contributed by atoms with Crippen molar-refractivity contribution in [2.24, 2.45) is 10.4 Å². The van der Waals surface area contributed by atoms with Gasteiger partial charge in [0, 0.05) is 45.9 Å². The first kappa shape index (κ1) is 19.1. The summed E-state index contributed by atoms with van der Waals surface area (Å²) in [5, 5.41) is 6.19. The van der Waals surface area contributed by atoms with Crippen LogP contribution < -0.4 is 10.6 Å². The van der Waals surface area contributed by atoms with E-state index < -0.39 is 17.0 Å². The molecule has 1 fully saturated rings. The smallest absolute Gasteiger partial charge is 0.230 e. The van der Waals surface area contributed by atoms with Gasteiger partial charge in [0.2, 0.25) is 5.91 Å². The van der Waals surface area contributed by atoms with Gasteiger partial charge in [-0.25, -0.2) is 8.78 Å². The Morgan fingerprint density at radius 3 is 2.48 bits per heavy atom. The fourth-order valence-electron chi connectivity index (χ4n) is 3.31. The molecule has 5 nitrogen and oxygen atoms in total. The van der Waals surface area contributed by atoms with Crippen LogP contribution in [0.4, 0.5) is 8.78 Å². The van der Waals surface area contributed by atoms with E-state index in [0.29, 0.717) is 18.1 Å². The van der Waals surface area contributed by atoms with Crippen LogP contribution in [0.15, 0.2) is 23.2 Å². The van der Waals surface area contributed by atoms with Gasteiger partial charge in [0.05, 0.1) is 5.41 Å². The van der Waals surface area contributed by atoms with Gasteiger partial charge in [0.1, 0.15) is 11.6 Å². The first-order valence-electron chi connectivity index (χ1n) is 8.48. The second kappa shape index (κ2) is 8.27. The molecule has 25 heavy (non-hydrogen) atoms. The summed E-state index contributed by atoms with van der Waals surface area (Å²) >= 11 is 0. The van der Waals surface area contributed by atoms with Crippen molar-refractivity contribution in [3.63, 3.8) is 0 Å². The van der Waals surface area contributed by atoms with Crippen molar-refractivity contribution in [1.82, 2.24) is 15.5 Å². The van der Waals surface area contributed by atoms with E-state index in [0.717, 1.165) is 31.7 Å². The van der Waals surface area contributed by atoms with Crippen LogP contribution in [0.25, 0.3) is 0 Å². The molecule has 1 aliphatic rings. The molecule has 1 aliphatic carbocycles. The van der Waals surface area contributed by atoms with Gasteiger partial charge >= 0.3 is 0 Å². The number of halogens is 2. The van der Waals surface area contributed by atoms with Crippen LogP contribution in [0.5, 0.6) is 0 Å².